The molecule has 2 aromatic heterocycles. The molecule has 1 aliphatic rings. The van der Waals surface area contributed by atoms with Crippen LogP contribution in [0, 0.1) is 5.82 Å². The Hall–Kier alpha value is -2.72. The normalized spacial score (nSPS) is 13.1. The van der Waals surface area contributed by atoms with Crippen LogP contribution in [0.15, 0.2) is 34.2 Å². The molecule has 3 aromatic rings. The highest BCUT2D eigenvalue weighted by atomic mass is 32.2. The summed E-state index contributed by atoms with van der Waals surface area (Å²) in [5.41, 5.74) is 0.877. The van der Waals surface area contributed by atoms with Gasteiger partial charge in [0.05, 0.1) is 16.8 Å². The monoisotopic (exact) mass is 432 g/mol. The van der Waals surface area contributed by atoms with E-state index in [0.29, 0.717) is 15.4 Å². The number of amides is 3. The number of halogens is 1. The lowest BCUT2D eigenvalue weighted by Crippen LogP contribution is -2.35. The molecule has 0 spiro atoms. The van der Waals surface area contributed by atoms with Crippen LogP contribution < -0.4 is 16.2 Å². The van der Waals surface area contributed by atoms with E-state index in [0.717, 1.165) is 43.0 Å². The zero-order chi connectivity index (χ0) is 20.4. The van der Waals surface area contributed by atoms with Gasteiger partial charge in [0.15, 0.2) is 5.16 Å². The number of nitrogens with one attached hydrogen (secondary N) is 3. The Morgan fingerprint density at radius 2 is 2.03 bits per heavy atom. The zero-order valence-electron chi connectivity index (χ0n) is 15.2. The predicted molar refractivity (Wildman–Crippen MR) is 111 cm³/mol. The maximum absolute atomic E-state index is 13.5. The van der Waals surface area contributed by atoms with E-state index < -0.39 is 17.8 Å². The van der Waals surface area contributed by atoms with Gasteiger partial charge in [0.2, 0.25) is 5.91 Å². The Balaban J connectivity index is 1.39. The zero-order valence-corrected chi connectivity index (χ0v) is 16.8. The van der Waals surface area contributed by atoms with Gasteiger partial charge in [-0.3, -0.25) is 14.9 Å². The first-order valence-corrected chi connectivity index (χ1v) is 10.8. The van der Waals surface area contributed by atoms with Gasteiger partial charge in [0.25, 0.3) is 5.56 Å². The van der Waals surface area contributed by atoms with Crippen molar-refractivity contribution >= 4 is 50.9 Å². The molecular formula is C19H17FN4O3S2. The topological polar surface area (TPSA) is 104 Å². The molecule has 3 amide bonds. The molecule has 0 unspecified atom stereocenters. The highest BCUT2D eigenvalue weighted by molar-refractivity contribution is 7.99. The molecule has 1 aliphatic carbocycles. The average Bonchev–Trinajstić information content (AvgIpc) is 3.07. The molecular weight excluding hydrogens is 415 g/mol. The molecule has 0 saturated carbocycles. The number of fused-ring (bicyclic) bond motifs is 3. The summed E-state index contributed by atoms with van der Waals surface area (Å²) in [4.78, 5) is 45.4. The van der Waals surface area contributed by atoms with Crippen LogP contribution in [0.4, 0.5) is 14.9 Å². The maximum atomic E-state index is 13.5. The molecule has 3 N–H and O–H groups in total. The number of benzene rings is 1. The first-order valence-electron chi connectivity index (χ1n) is 9.04. The second-order valence-electron chi connectivity index (χ2n) is 6.53. The van der Waals surface area contributed by atoms with Gasteiger partial charge in [-0.25, -0.2) is 14.2 Å². The van der Waals surface area contributed by atoms with Gasteiger partial charge < -0.3 is 10.3 Å². The fraction of sp³-hybridized carbons (Fsp3) is 0.263. The van der Waals surface area contributed by atoms with Crippen LogP contribution in [0.25, 0.3) is 10.2 Å². The van der Waals surface area contributed by atoms with Crippen LogP contribution in [-0.4, -0.2) is 27.7 Å². The number of carbonyl (C=O) groups is 2. The Morgan fingerprint density at radius 1 is 1.24 bits per heavy atom. The quantitative estimate of drug-likeness (QED) is 0.433. The van der Waals surface area contributed by atoms with Crippen molar-refractivity contribution in [2.45, 2.75) is 30.8 Å². The van der Waals surface area contributed by atoms with Crippen LogP contribution in [0.5, 0.6) is 0 Å². The fourth-order valence-electron chi connectivity index (χ4n) is 3.23. The summed E-state index contributed by atoms with van der Waals surface area (Å²) in [5, 5.41) is 5.38. The van der Waals surface area contributed by atoms with Gasteiger partial charge in [0, 0.05) is 4.88 Å². The van der Waals surface area contributed by atoms with E-state index in [1.807, 2.05) is 0 Å². The molecule has 1 aromatic carbocycles. The number of para-hydroxylation sites is 1. The van der Waals surface area contributed by atoms with Crippen molar-refractivity contribution in [1.82, 2.24) is 15.3 Å². The third-order valence-corrected chi connectivity index (χ3v) is 6.58. The van der Waals surface area contributed by atoms with Crippen molar-refractivity contribution in [1.29, 1.82) is 0 Å². The van der Waals surface area contributed by atoms with Crippen molar-refractivity contribution in [3.8, 4) is 0 Å². The Labute approximate surface area is 173 Å². The van der Waals surface area contributed by atoms with E-state index in [2.05, 4.69) is 20.6 Å². The molecule has 7 nitrogen and oxygen atoms in total. The van der Waals surface area contributed by atoms with E-state index in [1.165, 1.54) is 34.4 Å². The molecule has 0 aliphatic heterocycles. The smallest absolute Gasteiger partial charge is 0.305 e. The lowest BCUT2D eigenvalue weighted by molar-refractivity contribution is -0.117. The van der Waals surface area contributed by atoms with Gasteiger partial charge >= 0.3 is 6.03 Å². The summed E-state index contributed by atoms with van der Waals surface area (Å²) in [6.45, 7) is 0. The molecule has 0 saturated heterocycles. The summed E-state index contributed by atoms with van der Waals surface area (Å²) < 4.78 is 13.5. The third-order valence-electron chi connectivity index (χ3n) is 4.52. The van der Waals surface area contributed by atoms with Crippen molar-refractivity contribution < 1.29 is 14.0 Å². The average molecular weight is 433 g/mol. The standard InChI is InChI=1S/C19H17FN4O3S2/c20-11-6-2-3-7-12(11)21-18(27)22-14(25)9-28-19-23-16(26)15-10-5-1-4-8-13(10)29-17(15)24-19/h2-3,6-7H,1,4-5,8-9H2,(H,23,24,26)(H2,21,22,25,27). The Kier molecular flexibility index (Phi) is 5.63. The largest absolute Gasteiger partial charge is 0.325 e. The summed E-state index contributed by atoms with van der Waals surface area (Å²) in [7, 11) is 0. The minimum Gasteiger partial charge on any atom is -0.305 e. The Morgan fingerprint density at radius 3 is 2.86 bits per heavy atom. The molecule has 0 fully saturated rings. The second-order valence-corrected chi connectivity index (χ2v) is 8.58. The van der Waals surface area contributed by atoms with Crippen LogP contribution in [0.2, 0.25) is 0 Å². The van der Waals surface area contributed by atoms with E-state index in [-0.39, 0.29) is 17.0 Å². The number of carbonyl (C=O) groups excluding carboxylic acids is 2. The summed E-state index contributed by atoms with van der Waals surface area (Å²) in [5.74, 6) is -1.31. The SMILES string of the molecule is O=C(CSc1nc2sc3c(c2c(=O)[nH]1)CCCC3)NC(=O)Nc1ccccc1F. The van der Waals surface area contributed by atoms with Crippen molar-refractivity contribution in [3.05, 3.63) is 50.9 Å². The summed E-state index contributed by atoms with van der Waals surface area (Å²) in [6.07, 6.45) is 4.06. The number of aromatic nitrogens is 2. The second kappa shape index (κ2) is 8.34. The number of rotatable bonds is 4. The first kappa shape index (κ1) is 19.6. The number of nitrogens with zero attached hydrogens (tertiary/aromatic N) is 1. The predicted octanol–water partition coefficient (Wildman–Crippen LogP) is 3.44. The van der Waals surface area contributed by atoms with Gasteiger partial charge in [-0.2, -0.15) is 0 Å². The number of anilines is 1. The summed E-state index contributed by atoms with van der Waals surface area (Å²) >= 11 is 2.56. The van der Waals surface area contributed by atoms with Crippen LogP contribution in [0.3, 0.4) is 0 Å². The molecule has 150 valence electrons. The molecule has 29 heavy (non-hydrogen) atoms. The number of thioether (sulfide) groups is 1. The van der Waals surface area contributed by atoms with Gasteiger partial charge in [-0.05, 0) is 43.4 Å². The highest BCUT2D eigenvalue weighted by Crippen LogP contribution is 2.34. The molecule has 4 rings (SSSR count). The Bertz CT molecular complexity index is 1160. The van der Waals surface area contributed by atoms with Crippen LogP contribution in [-0.2, 0) is 17.6 Å². The van der Waals surface area contributed by atoms with E-state index >= 15 is 0 Å². The van der Waals surface area contributed by atoms with Gasteiger partial charge in [-0.15, -0.1) is 11.3 Å². The molecule has 0 atom stereocenters. The maximum Gasteiger partial charge on any atom is 0.325 e. The molecule has 0 bridgehead atoms. The number of H-pyrrole nitrogens is 1. The minimum atomic E-state index is -0.830. The third kappa shape index (κ3) is 4.33. The van der Waals surface area contributed by atoms with Crippen molar-refractivity contribution in [2.75, 3.05) is 11.1 Å². The number of aryl methyl sites for hydroxylation is 2. The molecule has 0 radical (unpaired) electrons. The van der Waals surface area contributed by atoms with Gasteiger partial charge in [-0.1, -0.05) is 23.9 Å². The minimum absolute atomic E-state index is 0.0245. The lowest BCUT2D eigenvalue weighted by atomic mass is 9.97. The lowest BCUT2D eigenvalue weighted by Gasteiger charge is -2.09. The number of hydrogen-bond donors (Lipinski definition) is 3. The highest BCUT2D eigenvalue weighted by Gasteiger charge is 2.20. The van der Waals surface area contributed by atoms with E-state index in [4.69, 9.17) is 0 Å². The van der Waals surface area contributed by atoms with Crippen LogP contribution >= 0.6 is 23.1 Å². The number of thiophene rings is 1. The van der Waals surface area contributed by atoms with E-state index in [9.17, 15) is 18.8 Å². The van der Waals surface area contributed by atoms with Crippen molar-refractivity contribution in [2.24, 2.45) is 0 Å². The molecule has 2 heterocycles. The number of aromatic amines is 1. The number of imide groups is 1. The van der Waals surface area contributed by atoms with E-state index in [1.54, 1.807) is 6.07 Å². The van der Waals surface area contributed by atoms with Crippen LogP contribution in [0.1, 0.15) is 23.3 Å². The first-order chi connectivity index (χ1) is 14.0. The van der Waals surface area contributed by atoms with Gasteiger partial charge in [0.1, 0.15) is 10.6 Å². The fourth-order valence-corrected chi connectivity index (χ4v) is 5.21. The number of urea groups is 1. The van der Waals surface area contributed by atoms with Crippen molar-refractivity contribution in [3.63, 3.8) is 0 Å². The molecule has 10 heteroatoms. The summed E-state index contributed by atoms with van der Waals surface area (Å²) in [6, 6.07) is 4.82. The number of hydrogen-bond acceptors (Lipinski definition) is 6.